The van der Waals surface area contributed by atoms with Gasteiger partial charge in [0.1, 0.15) is 18.2 Å². The Morgan fingerprint density at radius 1 is 0.970 bits per heavy atom. The van der Waals surface area contributed by atoms with Crippen LogP contribution in [-0.4, -0.2) is 55.5 Å². The summed E-state index contributed by atoms with van der Waals surface area (Å²) in [5.41, 5.74) is 2.50. The molecule has 4 rings (SSSR count). The van der Waals surface area contributed by atoms with Crippen molar-refractivity contribution in [2.75, 3.05) is 39.8 Å². The number of amides is 1. The van der Waals surface area contributed by atoms with Crippen molar-refractivity contribution in [3.05, 3.63) is 101 Å². The molecule has 1 atom stereocenters. The highest BCUT2D eigenvalue weighted by Gasteiger charge is 2.22. The molecule has 6 heteroatoms. The fourth-order valence-electron chi connectivity index (χ4n) is 3.92. The van der Waals surface area contributed by atoms with Crippen molar-refractivity contribution >= 4 is 5.91 Å². The summed E-state index contributed by atoms with van der Waals surface area (Å²) >= 11 is 0. The highest BCUT2D eigenvalue weighted by molar-refractivity contribution is 5.94. The Morgan fingerprint density at radius 2 is 1.70 bits per heavy atom. The first kappa shape index (κ1) is 23.0. The number of benzene rings is 3. The van der Waals surface area contributed by atoms with E-state index in [0.29, 0.717) is 17.9 Å². The first-order valence-corrected chi connectivity index (χ1v) is 11.3. The van der Waals surface area contributed by atoms with E-state index in [1.54, 1.807) is 24.3 Å². The molecule has 1 N–H and O–H groups in total. The lowest BCUT2D eigenvalue weighted by Gasteiger charge is -2.35. The van der Waals surface area contributed by atoms with Crippen LogP contribution in [0.2, 0.25) is 0 Å². The van der Waals surface area contributed by atoms with Crippen LogP contribution in [0.25, 0.3) is 0 Å². The average molecular weight is 448 g/mol. The fourth-order valence-corrected chi connectivity index (χ4v) is 3.92. The molecule has 0 bridgehead atoms. The van der Waals surface area contributed by atoms with Gasteiger partial charge in [0.25, 0.3) is 5.91 Å². The molecule has 0 spiro atoms. The third-order valence-corrected chi connectivity index (χ3v) is 5.96. The molecule has 0 aromatic heterocycles. The second kappa shape index (κ2) is 11.1. The molecule has 33 heavy (non-hydrogen) atoms. The van der Waals surface area contributed by atoms with Gasteiger partial charge >= 0.3 is 0 Å². The Kier molecular flexibility index (Phi) is 7.70. The molecule has 172 valence electrons. The van der Waals surface area contributed by atoms with Crippen molar-refractivity contribution in [3.8, 4) is 5.75 Å². The number of hydrogen-bond acceptors (Lipinski definition) is 4. The van der Waals surface area contributed by atoms with Crippen LogP contribution in [0.3, 0.4) is 0 Å². The molecule has 0 radical (unpaired) electrons. The van der Waals surface area contributed by atoms with Crippen LogP contribution < -0.4 is 10.1 Å². The third kappa shape index (κ3) is 6.63. The number of ether oxygens (including phenoxy) is 1. The number of carbonyl (C=O) groups excluding carboxylic acids is 1. The summed E-state index contributed by atoms with van der Waals surface area (Å²) in [4.78, 5) is 17.9. The lowest BCUT2D eigenvalue weighted by atomic mass is 10.0. The van der Waals surface area contributed by atoms with E-state index in [4.69, 9.17) is 4.74 Å². The quantitative estimate of drug-likeness (QED) is 0.564. The van der Waals surface area contributed by atoms with E-state index < -0.39 is 0 Å². The largest absolute Gasteiger partial charge is 0.489 e. The molecular weight excluding hydrogens is 417 g/mol. The van der Waals surface area contributed by atoms with Crippen LogP contribution >= 0.6 is 0 Å². The van der Waals surface area contributed by atoms with Crippen LogP contribution in [0.5, 0.6) is 5.75 Å². The standard InChI is InChI=1S/C27H30FN3O2/c1-30-14-16-31(17-15-30)19-26(22-6-3-2-4-7-22)29-27(32)23-8-5-9-25(18-23)33-20-21-10-12-24(28)13-11-21/h2-13,18,26H,14-17,19-20H2,1H3,(H,29,32). The van der Waals surface area contributed by atoms with E-state index in [1.807, 2.05) is 30.3 Å². The number of halogens is 1. The highest BCUT2D eigenvalue weighted by Crippen LogP contribution is 2.19. The van der Waals surface area contributed by atoms with E-state index in [2.05, 4.69) is 34.3 Å². The summed E-state index contributed by atoms with van der Waals surface area (Å²) in [6.07, 6.45) is 0. The zero-order chi connectivity index (χ0) is 23.0. The zero-order valence-electron chi connectivity index (χ0n) is 18.9. The number of piperazine rings is 1. The molecule has 3 aromatic carbocycles. The van der Waals surface area contributed by atoms with Crippen LogP contribution in [0.1, 0.15) is 27.5 Å². The van der Waals surface area contributed by atoms with Crippen molar-refractivity contribution in [1.29, 1.82) is 0 Å². The maximum Gasteiger partial charge on any atom is 0.251 e. The zero-order valence-corrected chi connectivity index (χ0v) is 18.9. The van der Waals surface area contributed by atoms with E-state index in [1.165, 1.54) is 12.1 Å². The minimum absolute atomic E-state index is 0.106. The van der Waals surface area contributed by atoms with Crippen LogP contribution in [-0.2, 0) is 6.61 Å². The molecule has 1 aliphatic heterocycles. The number of likely N-dealkylation sites (N-methyl/N-ethyl adjacent to an activating group) is 1. The van der Waals surface area contributed by atoms with E-state index in [-0.39, 0.29) is 17.8 Å². The summed E-state index contributed by atoms with van der Waals surface area (Å²) < 4.78 is 18.9. The van der Waals surface area contributed by atoms with Gasteiger partial charge in [0.05, 0.1) is 6.04 Å². The fraction of sp³-hybridized carbons (Fsp3) is 0.296. The molecule has 1 saturated heterocycles. The number of hydrogen-bond donors (Lipinski definition) is 1. The van der Waals surface area contributed by atoms with Gasteiger partial charge in [-0.05, 0) is 48.5 Å². The molecule has 1 aliphatic rings. The van der Waals surface area contributed by atoms with E-state index >= 15 is 0 Å². The van der Waals surface area contributed by atoms with Gasteiger partial charge in [-0.1, -0.05) is 48.5 Å². The summed E-state index contributed by atoms with van der Waals surface area (Å²) in [6.45, 7) is 5.11. The Labute approximate surface area is 194 Å². The maximum atomic E-state index is 13.2. The number of nitrogens with one attached hydrogen (secondary N) is 1. The molecule has 1 unspecified atom stereocenters. The topological polar surface area (TPSA) is 44.8 Å². The Hall–Kier alpha value is -3.22. The highest BCUT2D eigenvalue weighted by atomic mass is 19.1. The number of carbonyl (C=O) groups is 1. The van der Waals surface area contributed by atoms with Crippen molar-refractivity contribution in [1.82, 2.24) is 15.1 Å². The second-order valence-electron chi connectivity index (χ2n) is 8.48. The maximum absolute atomic E-state index is 13.2. The van der Waals surface area contributed by atoms with Gasteiger partial charge in [-0.3, -0.25) is 9.69 Å². The predicted octanol–water partition coefficient (Wildman–Crippen LogP) is 4.12. The van der Waals surface area contributed by atoms with Crippen molar-refractivity contribution < 1.29 is 13.9 Å². The van der Waals surface area contributed by atoms with Gasteiger partial charge in [-0.2, -0.15) is 0 Å². The lowest BCUT2D eigenvalue weighted by molar-refractivity contribution is 0.0906. The Morgan fingerprint density at radius 3 is 2.42 bits per heavy atom. The first-order chi connectivity index (χ1) is 16.1. The van der Waals surface area contributed by atoms with Gasteiger partial charge in [0.15, 0.2) is 0 Å². The van der Waals surface area contributed by atoms with E-state index in [0.717, 1.165) is 43.9 Å². The van der Waals surface area contributed by atoms with Crippen LogP contribution in [0.4, 0.5) is 4.39 Å². The van der Waals surface area contributed by atoms with Gasteiger partial charge in [-0.25, -0.2) is 4.39 Å². The van der Waals surface area contributed by atoms with Gasteiger partial charge in [0, 0.05) is 38.3 Å². The minimum atomic E-state index is -0.276. The Bertz CT molecular complexity index is 1030. The molecule has 1 heterocycles. The minimum Gasteiger partial charge on any atom is -0.489 e. The molecule has 5 nitrogen and oxygen atoms in total. The van der Waals surface area contributed by atoms with Crippen molar-refractivity contribution in [2.45, 2.75) is 12.6 Å². The second-order valence-corrected chi connectivity index (χ2v) is 8.48. The lowest BCUT2D eigenvalue weighted by Crippen LogP contribution is -2.47. The molecule has 3 aromatic rings. The third-order valence-electron chi connectivity index (χ3n) is 5.96. The average Bonchev–Trinajstić information content (AvgIpc) is 2.85. The number of rotatable bonds is 8. The normalized spacial score (nSPS) is 15.7. The van der Waals surface area contributed by atoms with Crippen LogP contribution in [0.15, 0.2) is 78.9 Å². The van der Waals surface area contributed by atoms with Gasteiger partial charge in [-0.15, -0.1) is 0 Å². The van der Waals surface area contributed by atoms with Crippen molar-refractivity contribution in [3.63, 3.8) is 0 Å². The summed E-state index contributed by atoms with van der Waals surface area (Å²) in [7, 11) is 2.14. The van der Waals surface area contributed by atoms with Crippen molar-refractivity contribution in [2.24, 2.45) is 0 Å². The van der Waals surface area contributed by atoms with E-state index in [9.17, 15) is 9.18 Å². The smallest absolute Gasteiger partial charge is 0.251 e. The molecule has 0 saturated carbocycles. The monoisotopic (exact) mass is 447 g/mol. The summed E-state index contributed by atoms with van der Waals surface area (Å²) in [6, 6.07) is 23.4. The molecule has 1 amide bonds. The molecule has 0 aliphatic carbocycles. The SMILES string of the molecule is CN1CCN(CC(NC(=O)c2cccc(OCc3ccc(F)cc3)c2)c2ccccc2)CC1. The Balaban J connectivity index is 1.42. The van der Waals surface area contributed by atoms with Gasteiger partial charge < -0.3 is 15.0 Å². The first-order valence-electron chi connectivity index (χ1n) is 11.3. The van der Waals surface area contributed by atoms with Crippen LogP contribution in [0, 0.1) is 5.82 Å². The summed E-state index contributed by atoms with van der Waals surface area (Å²) in [5, 5.41) is 3.22. The molecule has 1 fully saturated rings. The predicted molar refractivity (Wildman–Crippen MR) is 128 cm³/mol. The number of nitrogens with zero attached hydrogens (tertiary/aromatic N) is 2. The van der Waals surface area contributed by atoms with Gasteiger partial charge in [0.2, 0.25) is 0 Å². The molecular formula is C27H30FN3O2. The summed E-state index contributed by atoms with van der Waals surface area (Å²) in [5.74, 6) is 0.189.